The molecule has 1 amide bonds. The number of carbonyl (C=O) groups is 1. The summed E-state index contributed by atoms with van der Waals surface area (Å²) >= 11 is 2.06. The largest absolute Gasteiger partial charge is 0.459 e. The van der Waals surface area contributed by atoms with Crippen LogP contribution in [0.25, 0.3) is 0 Å². The van der Waals surface area contributed by atoms with Gasteiger partial charge in [0.2, 0.25) is 0 Å². The maximum Gasteiger partial charge on any atom is 0.287 e. The first-order valence-corrected chi connectivity index (χ1v) is 10.2. The van der Waals surface area contributed by atoms with Gasteiger partial charge in [-0.25, -0.2) is 0 Å². The van der Waals surface area contributed by atoms with Gasteiger partial charge in [0.25, 0.3) is 5.91 Å². The van der Waals surface area contributed by atoms with Gasteiger partial charge in [-0.3, -0.25) is 9.79 Å². The molecule has 1 atom stereocenters. The Bertz CT molecular complexity index is 573. The highest BCUT2D eigenvalue weighted by Gasteiger charge is 2.21. The fraction of sp³-hybridized carbons (Fsp3) is 0.667. The zero-order chi connectivity index (χ0) is 18.1. The highest BCUT2D eigenvalue weighted by atomic mass is 32.2. The van der Waals surface area contributed by atoms with E-state index in [1.54, 1.807) is 6.07 Å². The number of hydrogen-bond acceptors (Lipinski definition) is 4. The summed E-state index contributed by atoms with van der Waals surface area (Å²) in [6.45, 7) is 10.5. The van der Waals surface area contributed by atoms with Crippen LogP contribution in [0.5, 0.6) is 0 Å². The van der Waals surface area contributed by atoms with Gasteiger partial charge in [-0.05, 0) is 32.8 Å². The normalized spacial score (nSPS) is 18.3. The Hall–Kier alpha value is -1.63. The number of nitrogens with one attached hydrogen (secondary N) is 2. The third-order valence-corrected chi connectivity index (χ3v) is 5.55. The average molecular weight is 367 g/mol. The molecule has 140 valence electrons. The van der Waals surface area contributed by atoms with Crippen molar-refractivity contribution in [2.24, 2.45) is 4.99 Å². The number of aliphatic imine (C=N–C) groups is 1. The first-order chi connectivity index (χ1) is 12.2. The van der Waals surface area contributed by atoms with Crippen molar-refractivity contribution in [1.29, 1.82) is 0 Å². The molecule has 0 aliphatic carbocycles. The third kappa shape index (κ3) is 5.99. The van der Waals surface area contributed by atoms with Crippen molar-refractivity contribution in [1.82, 2.24) is 15.5 Å². The molecule has 25 heavy (non-hydrogen) atoms. The second-order valence-electron chi connectivity index (χ2n) is 6.12. The topological polar surface area (TPSA) is 69.9 Å². The van der Waals surface area contributed by atoms with Crippen LogP contribution in [-0.2, 0) is 0 Å². The lowest BCUT2D eigenvalue weighted by Crippen LogP contribution is -2.48. The van der Waals surface area contributed by atoms with Gasteiger partial charge in [0, 0.05) is 49.3 Å². The Morgan fingerprint density at radius 2 is 2.28 bits per heavy atom. The quantitative estimate of drug-likeness (QED) is 0.441. The number of rotatable bonds is 7. The Morgan fingerprint density at radius 1 is 1.44 bits per heavy atom. The maximum atomic E-state index is 12.0. The number of aryl methyl sites for hydroxylation is 1. The molecular formula is C18H30N4O2S. The van der Waals surface area contributed by atoms with Gasteiger partial charge in [0.05, 0.1) is 6.26 Å². The van der Waals surface area contributed by atoms with Crippen LogP contribution in [-0.4, -0.2) is 60.5 Å². The van der Waals surface area contributed by atoms with Gasteiger partial charge in [0.15, 0.2) is 11.7 Å². The van der Waals surface area contributed by atoms with Crippen molar-refractivity contribution in [3.05, 3.63) is 23.7 Å². The predicted octanol–water partition coefficient (Wildman–Crippen LogP) is 2.50. The van der Waals surface area contributed by atoms with E-state index in [9.17, 15) is 4.79 Å². The van der Waals surface area contributed by atoms with Crippen molar-refractivity contribution in [2.45, 2.75) is 38.9 Å². The van der Waals surface area contributed by atoms with E-state index >= 15 is 0 Å². The summed E-state index contributed by atoms with van der Waals surface area (Å²) in [5, 5.41) is 6.97. The zero-order valence-corrected chi connectivity index (χ0v) is 16.3. The van der Waals surface area contributed by atoms with E-state index in [0.717, 1.165) is 43.3 Å². The van der Waals surface area contributed by atoms with E-state index in [2.05, 4.69) is 41.1 Å². The Kier molecular flexibility index (Phi) is 8.18. The minimum Gasteiger partial charge on any atom is -0.459 e. The summed E-state index contributed by atoms with van der Waals surface area (Å²) in [5.41, 5.74) is 0.860. The summed E-state index contributed by atoms with van der Waals surface area (Å²) in [6.07, 6.45) is 3.54. The fourth-order valence-corrected chi connectivity index (χ4v) is 3.92. The van der Waals surface area contributed by atoms with Crippen molar-refractivity contribution in [2.75, 3.05) is 38.5 Å². The van der Waals surface area contributed by atoms with Crippen molar-refractivity contribution >= 4 is 23.6 Å². The number of carbonyl (C=O) groups excluding carboxylic acids is 1. The van der Waals surface area contributed by atoms with Crippen LogP contribution < -0.4 is 10.6 Å². The van der Waals surface area contributed by atoms with Gasteiger partial charge in [-0.2, -0.15) is 11.8 Å². The van der Waals surface area contributed by atoms with Gasteiger partial charge in [0.1, 0.15) is 0 Å². The van der Waals surface area contributed by atoms with E-state index in [1.807, 2.05) is 6.92 Å². The molecule has 1 unspecified atom stereocenters. The van der Waals surface area contributed by atoms with E-state index in [1.165, 1.54) is 12.7 Å². The van der Waals surface area contributed by atoms with E-state index in [-0.39, 0.29) is 5.91 Å². The molecule has 2 heterocycles. The number of hydrogen-bond donors (Lipinski definition) is 2. The van der Waals surface area contributed by atoms with Crippen LogP contribution in [0, 0.1) is 6.92 Å². The smallest absolute Gasteiger partial charge is 0.287 e. The highest BCUT2D eigenvalue weighted by Crippen LogP contribution is 2.21. The Balaban J connectivity index is 1.77. The Morgan fingerprint density at radius 3 is 2.96 bits per heavy atom. The molecule has 1 fully saturated rings. The van der Waals surface area contributed by atoms with Crippen LogP contribution in [0.2, 0.25) is 0 Å². The zero-order valence-electron chi connectivity index (χ0n) is 15.5. The highest BCUT2D eigenvalue weighted by molar-refractivity contribution is 8.00. The van der Waals surface area contributed by atoms with Crippen molar-refractivity contribution in [3.63, 3.8) is 0 Å². The summed E-state index contributed by atoms with van der Waals surface area (Å²) in [7, 11) is 0. The first kappa shape index (κ1) is 19.7. The van der Waals surface area contributed by atoms with Crippen LogP contribution in [0.15, 0.2) is 21.7 Å². The number of furan rings is 1. The molecule has 0 spiro atoms. The molecule has 2 rings (SSSR count). The molecule has 2 N–H and O–H groups in total. The molecule has 1 saturated heterocycles. The SMILES string of the molecule is CCNC(=NCCCNC(=O)c1occc1C)N1CCSC(CC)C1. The van der Waals surface area contributed by atoms with Gasteiger partial charge in [-0.1, -0.05) is 6.92 Å². The van der Waals surface area contributed by atoms with E-state index in [4.69, 9.17) is 9.41 Å². The van der Waals surface area contributed by atoms with Gasteiger partial charge < -0.3 is 20.0 Å². The summed E-state index contributed by atoms with van der Waals surface area (Å²) in [4.78, 5) is 19.1. The average Bonchev–Trinajstić information content (AvgIpc) is 3.06. The summed E-state index contributed by atoms with van der Waals surface area (Å²) in [6, 6.07) is 1.79. The summed E-state index contributed by atoms with van der Waals surface area (Å²) < 4.78 is 5.20. The molecule has 6 nitrogen and oxygen atoms in total. The second kappa shape index (κ2) is 10.4. The Labute approximate surface area is 154 Å². The van der Waals surface area contributed by atoms with E-state index < -0.39 is 0 Å². The molecule has 7 heteroatoms. The molecule has 0 bridgehead atoms. The summed E-state index contributed by atoms with van der Waals surface area (Å²) in [5.74, 6) is 2.39. The molecule has 1 aromatic rings. The maximum absolute atomic E-state index is 12.0. The molecule has 0 radical (unpaired) electrons. The number of thioether (sulfide) groups is 1. The first-order valence-electron chi connectivity index (χ1n) is 9.12. The monoisotopic (exact) mass is 366 g/mol. The molecular weight excluding hydrogens is 336 g/mol. The molecule has 0 aromatic carbocycles. The molecule has 1 aliphatic rings. The standard InChI is InChI=1S/C18H30N4O2S/c1-4-15-13-22(10-12-25-15)18(19-5-2)21-9-6-8-20-17(23)16-14(3)7-11-24-16/h7,11,15H,4-6,8-10,12-13H2,1-3H3,(H,19,21)(H,20,23). The number of guanidine groups is 1. The second-order valence-corrected chi connectivity index (χ2v) is 7.53. The lowest BCUT2D eigenvalue weighted by molar-refractivity contribution is 0.0925. The predicted molar refractivity (Wildman–Crippen MR) is 104 cm³/mol. The lowest BCUT2D eigenvalue weighted by atomic mass is 10.2. The molecule has 1 aliphatic heterocycles. The lowest BCUT2D eigenvalue weighted by Gasteiger charge is -2.34. The van der Waals surface area contributed by atoms with Crippen LogP contribution in [0.3, 0.4) is 0 Å². The minimum atomic E-state index is -0.155. The van der Waals surface area contributed by atoms with E-state index in [0.29, 0.717) is 24.1 Å². The minimum absolute atomic E-state index is 0.155. The van der Waals surface area contributed by atoms with Crippen LogP contribution in [0.1, 0.15) is 42.8 Å². The van der Waals surface area contributed by atoms with Crippen LogP contribution in [0.4, 0.5) is 0 Å². The molecule has 1 aromatic heterocycles. The number of nitrogens with zero attached hydrogens (tertiary/aromatic N) is 2. The molecule has 0 saturated carbocycles. The van der Waals surface area contributed by atoms with Crippen molar-refractivity contribution < 1.29 is 9.21 Å². The van der Waals surface area contributed by atoms with Crippen molar-refractivity contribution in [3.8, 4) is 0 Å². The van der Waals surface area contributed by atoms with Gasteiger partial charge >= 0.3 is 0 Å². The third-order valence-electron chi connectivity index (χ3n) is 4.18. The van der Waals surface area contributed by atoms with Gasteiger partial charge in [-0.15, -0.1) is 0 Å². The number of amides is 1. The fourth-order valence-electron chi connectivity index (χ4n) is 2.74. The van der Waals surface area contributed by atoms with Crippen LogP contribution >= 0.6 is 11.8 Å².